The van der Waals surface area contributed by atoms with Crippen molar-refractivity contribution in [3.63, 3.8) is 0 Å². The van der Waals surface area contributed by atoms with E-state index in [2.05, 4.69) is 15.4 Å². The molecule has 0 aromatic carbocycles. The molecule has 3 rings (SSSR count). The first-order chi connectivity index (χ1) is 8.65. The molecule has 0 aromatic rings. The number of likely N-dealkylation sites (tertiary alicyclic amines) is 1. The van der Waals surface area contributed by atoms with Crippen molar-refractivity contribution in [1.82, 2.24) is 10.2 Å². The highest BCUT2D eigenvalue weighted by molar-refractivity contribution is 6.09. The van der Waals surface area contributed by atoms with Gasteiger partial charge in [-0.05, 0) is 32.1 Å². The van der Waals surface area contributed by atoms with Crippen LogP contribution in [0.15, 0.2) is 5.16 Å². The van der Waals surface area contributed by atoms with Crippen molar-refractivity contribution in [2.24, 2.45) is 16.3 Å². The summed E-state index contributed by atoms with van der Waals surface area (Å²) in [6.45, 7) is 2.02. The largest absolute Gasteiger partial charge is 0.409 e. The molecule has 1 saturated heterocycles. The van der Waals surface area contributed by atoms with Crippen molar-refractivity contribution in [3.8, 4) is 0 Å². The quantitative estimate of drug-likeness (QED) is 0.281. The van der Waals surface area contributed by atoms with E-state index in [1.54, 1.807) is 0 Å². The number of nitrogens with zero attached hydrogens (tertiary/aromatic N) is 2. The van der Waals surface area contributed by atoms with Crippen LogP contribution in [0.1, 0.15) is 32.1 Å². The molecular formula is C12H20N4O2. The number of carbonyl (C=O) groups excluding carboxylic acids is 1. The minimum absolute atomic E-state index is 0.0528. The van der Waals surface area contributed by atoms with Gasteiger partial charge < -0.3 is 16.3 Å². The first-order valence-electron chi connectivity index (χ1n) is 6.69. The van der Waals surface area contributed by atoms with Crippen LogP contribution in [0.25, 0.3) is 0 Å². The molecule has 2 saturated carbocycles. The van der Waals surface area contributed by atoms with E-state index in [1.807, 2.05) is 0 Å². The molecule has 0 spiro atoms. The van der Waals surface area contributed by atoms with E-state index in [9.17, 15) is 4.79 Å². The number of carbonyl (C=O) groups is 1. The Morgan fingerprint density at radius 1 is 1.39 bits per heavy atom. The lowest BCUT2D eigenvalue weighted by Crippen LogP contribution is -2.46. The summed E-state index contributed by atoms with van der Waals surface area (Å²) in [5.74, 6) is -0.0162. The predicted molar refractivity (Wildman–Crippen MR) is 66.2 cm³/mol. The highest BCUT2D eigenvalue weighted by Crippen LogP contribution is 2.46. The van der Waals surface area contributed by atoms with Gasteiger partial charge in [0, 0.05) is 25.2 Å². The third-order valence-corrected chi connectivity index (χ3v) is 4.40. The molecule has 3 aliphatic rings. The summed E-state index contributed by atoms with van der Waals surface area (Å²) in [4.78, 5) is 14.6. The summed E-state index contributed by atoms with van der Waals surface area (Å²) >= 11 is 0. The van der Waals surface area contributed by atoms with Crippen molar-refractivity contribution in [2.45, 2.75) is 44.2 Å². The van der Waals surface area contributed by atoms with Crippen LogP contribution in [0.3, 0.4) is 0 Å². The number of nitrogens with two attached hydrogens (primary N) is 1. The second kappa shape index (κ2) is 4.12. The molecule has 2 aliphatic carbocycles. The fourth-order valence-electron chi connectivity index (χ4n) is 2.82. The van der Waals surface area contributed by atoms with Gasteiger partial charge in [0.15, 0.2) is 5.84 Å². The third kappa shape index (κ3) is 1.94. The normalized spacial score (nSPS) is 31.3. The molecule has 1 heterocycles. The standard InChI is InChI=1S/C12H20N4O2/c13-10(15-18)12(4-5-12)11(17)14-8-3-6-16(7-8)9-1-2-9/h8-9,18H,1-7H2,(H2,13,15)(H,14,17). The number of amidine groups is 1. The van der Waals surface area contributed by atoms with E-state index < -0.39 is 5.41 Å². The Bertz CT molecular complexity index is 388. The van der Waals surface area contributed by atoms with Crippen molar-refractivity contribution in [3.05, 3.63) is 0 Å². The molecule has 6 heteroatoms. The Morgan fingerprint density at radius 3 is 2.67 bits per heavy atom. The van der Waals surface area contributed by atoms with Crippen molar-refractivity contribution in [2.75, 3.05) is 13.1 Å². The van der Waals surface area contributed by atoms with Crippen LogP contribution in [-0.2, 0) is 4.79 Å². The van der Waals surface area contributed by atoms with Crippen LogP contribution >= 0.6 is 0 Å². The van der Waals surface area contributed by atoms with Gasteiger partial charge in [0.25, 0.3) is 0 Å². The van der Waals surface area contributed by atoms with E-state index in [1.165, 1.54) is 12.8 Å². The Balaban J connectivity index is 1.55. The second-order valence-corrected chi connectivity index (χ2v) is 5.75. The Morgan fingerprint density at radius 2 is 2.11 bits per heavy atom. The van der Waals surface area contributed by atoms with Gasteiger partial charge >= 0.3 is 0 Å². The summed E-state index contributed by atoms with van der Waals surface area (Å²) in [5.41, 5.74) is 4.88. The molecule has 3 fully saturated rings. The first-order valence-corrected chi connectivity index (χ1v) is 6.69. The van der Waals surface area contributed by atoms with Crippen LogP contribution in [0.2, 0.25) is 0 Å². The number of hydrogen-bond donors (Lipinski definition) is 3. The van der Waals surface area contributed by atoms with Gasteiger partial charge in [0.05, 0.1) is 0 Å². The molecule has 0 bridgehead atoms. The molecule has 4 N–H and O–H groups in total. The smallest absolute Gasteiger partial charge is 0.234 e. The number of rotatable bonds is 4. The lowest BCUT2D eigenvalue weighted by atomic mass is 10.0. The molecular weight excluding hydrogens is 232 g/mol. The summed E-state index contributed by atoms with van der Waals surface area (Å²) in [5, 5.41) is 14.8. The van der Waals surface area contributed by atoms with Gasteiger partial charge in [-0.2, -0.15) is 0 Å². The van der Waals surface area contributed by atoms with E-state index in [-0.39, 0.29) is 17.8 Å². The number of hydrogen-bond acceptors (Lipinski definition) is 4. The summed E-state index contributed by atoms with van der Waals surface area (Å²) in [7, 11) is 0. The molecule has 1 aliphatic heterocycles. The predicted octanol–water partition coefficient (Wildman–Crippen LogP) is -0.134. The minimum Gasteiger partial charge on any atom is -0.409 e. The first kappa shape index (κ1) is 11.8. The summed E-state index contributed by atoms with van der Waals surface area (Å²) in [6, 6.07) is 0.980. The van der Waals surface area contributed by atoms with Gasteiger partial charge in [-0.15, -0.1) is 0 Å². The highest BCUT2D eigenvalue weighted by Gasteiger charge is 2.54. The zero-order valence-electron chi connectivity index (χ0n) is 10.4. The van der Waals surface area contributed by atoms with Crippen LogP contribution in [0.4, 0.5) is 0 Å². The van der Waals surface area contributed by atoms with Crippen LogP contribution in [0, 0.1) is 5.41 Å². The number of oxime groups is 1. The van der Waals surface area contributed by atoms with Crippen molar-refractivity contribution < 1.29 is 10.0 Å². The van der Waals surface area contributed by atoms with E-state index in [0.717, 1.165) is 25.6 Å². The van der Waals surface area contributed by atoms with Crippen LogP contribution < -0.4 is 11.1 Å². The fraction of sp³-hybridized carbons (Fsp3) is 0.833. The fourth-order valence-corrected chi connectivity index (χ4v) is 2.82. The molecule has 0 radical (unpaired) electrons. The van der Waals surface area contributed by atoms with Crippen LogP contribution in [-0.4, -0.2) is 47.0 Å². The zero-order chi connectivity index (χ0) is 12.8. The summed E-state index contributed by atoms with van der Waals surface area (Å²) in [6.07, 6.45) is 4.99. The van der Waals surface area contributed by atoms with Crippen molar-refractivity contribution in [1.29, 1.82) is 0 Å². The molecule has 18 heavy (non-hydrogen) atoms. The van der Waals surface area contributed by atoms with E-state index >= 15 is 0 Å². The Kier molecular flexibility index (Phi) is 2.69. The van der Waals surface area contributed by atoms with Gasteiger partial charge in [-0.3, -0.25) is 9.69 Å². The van der Waals surface area contributed by atoms with E-state index in [4.69, 9.17) is 10.9 Å². The Labute approximate surface area is 106 Å². The average molecular weight is 252 g/mol. The third-order valence-electron chi connectivity index (χ3n) is 4.40. The highest BCUT2D eigenvalue weighted by atomic mass is 16.4. The van der Waals surface area contributed by atoms with Gasteiger partial charge in [0.1, 0.15) is 5.41 Å². The topological polar surface area (TPSA) is 91.0 Å². The SMILES string of the molecule is NC(=NO)C1(C(=O)NC2CCN(C3CC3)C2)CC1. The maximum atomic E-state index is 12.2. The minimum atomic E-state index is -0.720. The maximum absolute atomic E-state index is 12.2. The molecule has 0 aromatic heterocycles. The molecule has 100 valence electrons. The molecule has 6 nitrogen and oxygen atoms in total. The van der Waals surface area contributed by atoms with Crippen LogP contribution in [0.5, 0.6) is 0 Å². The molecule has 1 amide bonds. The second-order valence-electron chi connectivity index (χ2n) is 5.75. The average Bonchev–Trinajstić information content (AvgIpc) is 3.28. The monoisotopic (exact) mass is 252 g/mol. The lowest BCUT2D eigenvalue weighted by Gasteiger charge is -2.19. The van der Waals surface area contributed by atoms with Gasteiger partial charge in [-0.25, -0.2) is 0 Å². The zero-order valence-corrected chi connectivity index (χ0v) is 10.4. The lowest BCUT2D eigenvalue weighted by molar-refractivity contribution is -0.124. The van der Waals surface area contributed by atoms with Gasteiger partial charge in [-0.1, -0.05) is 5.16 Å². The number of nitrogens with one attached hydrogen (secondary N) is 1. The summed E-state index contributed by atoms with van der Waals surface area (Å²) < 4.78 is 0. The molecule has 1 unspecified atom stereocenters. The maximum Gasteiger partial charge on any atom is 0.234 e. The van der Waals surface area contributed by atoms with Crippen molar-refractivity contribution >= 4 is 11.7 Å². The van der Waals surface area contributed by atoms with E-state index in [0.29, 0.717) is 12.8 Å². The molecule has 1 atom stereocenters. The van der Waals surface area contributed by atoms with Gasteiger partial charge in [0.2, 0.25) is 5.91 Å². The Hall–Kier alpha value is -1.30. The number of amides is 1.